The van der Waals surface area contributed by atoms with Gasteiger partial charge in [0.15, 0.2) is 5.76 Å². The van der Waals surface area contributed by atoms with Crippen LogP contribution in [0.5, 0.6) is 0 Å². The molecular formula is C21H26N4O3. The molecule has 0 aromatic carbocycles. The quantitative estimate of drug-likeness (QED) is 0.813. The fraction of sp³-hybridized carbons (Fsp3) is 0.476. The number of rotatable bonds is 3. The first-order chi connectivity index (χ1) is 13.5. The van der Waals surface area contributed by atoms with E-state index in [9.17, 15) is 9.59 Å². The van der Waals surface area contributed by atoms with Gasteiger partial charge in [-0.1, -0.05) is 6.07 Å². The van der Waals surface area contributed by atoms with E-state index in [-0.39, 0.29) is 17.7 Å². The Balaban J connectivity index is 1.64. The van der Waals surface area contributed by atoms with Gasteiger partial charge in [-0.25, -0.2) is 4.98 Å². The van der Waals surface area contributed by atoms with Crippen molar-refractivity contribution in [3.63, 3.8) is 0 Å². The number of hydrogen-bond acceptors (Lipinski definition) is 5. The van der Waals surface area contributed by atoms with Crippen LogP contribution >= 0.6 is 0 Å². The van der Waals surface area contributed by atoms with Crippen LogP contribution in [0.2, 0.25) is 0 Å². The first-order valence-corrected chi connectivity index (χ1v) is 9.72. The smallest absolute Gasteiger partial charge is 0.289 e. The number of pyridine rings is 1. The van der Waals surface area contributed by atoms with Gasteiger partial charge in [0.05, 0.1) is 11.7 Å². The van der Waals surface area contributed by atoms with Crippen molar-refractivity contribution in [2.75, 3.05) is 45.2 Å². The Hall–Kier alpha value is -2.83. The summed E-state index contributed by atoms with van der Waals surface area (Å²) in [5.74, 6) is 1.32. The number of amides is 2. The molecule has 0 bridgehead atoms. The third-order valence-electron chi connectivity index (χ3n) is 6.01. The third-order valence-corrected chi connectivity index (χ3v) is 6.01. The predicted octanol–water partition coefficient (Wildman–Crippen LogP) is 2.12. The summed E-state index contributed by atoms with van der Waals surface area (Å²) in [7, 11) is 3.63. The van der Waals surface area contributed by atoms with E-state index in [2.05, 4.69) is 9.88 Å². The molecule has 0 N–H and O–H groups in total. The summed E-state index contributed by atoms with van der Waals surface area (Å²) in [6.07, 6.45) is 4.85. The van der Waals surface area contributed by atoms with Gasteiger partial charge in [0.2, 0.25) is 5.91 Å². The summed E-state index contributed by atoms with van der Waals surface area (Å²) in [4.78, 5) is 36.4. The molecule has 0 radical (unpaired) electrons. The number of fused-ring (bicyclic) bond motifs is 1. The molecule has 0 aliphatic carbocycles. The molecule has 7 heteroatoms. The Morgan fingerprint density at radius 1 is 1.21 bits per heavy atom. The van der Waals surface area contributed by atoms with E-state index in [4.69, 9.17) is 4.42 Å². The van der Waals surface area contributed by atoms with Crippen LogP contribution in [0.4, 0.5) is 5.82 Å². The summed E-state index contributed by atoms with van der Waals surface area (Å²) in [5, 5.41) is 0. The van der Waals surface area contributed by atoms with Crippen molar-refractivity contribution in [2.24, 2.45) is 11.3 Å². The molecule has 28 heavy (non-hydrogen) atoms. The Bertz CT molecular complexity index is 837. The predicted molar refractivity (Wildman–Crippen MR) is 105 cm³/mol. The molecule has 4 rings (SSSR count). The third kappa shape index (κ3) is 3.15. The minimum atomic E-state index is -0.501. The van der Waals surface area contributed by atoms with E-state index in [1.165, 1.54) is 6.26 Å². The van der Waals surface area contributed by atoms with E-state index in [1.54, 1.807) is 23.2 Å². The molecule has 2 atom stereocenters. The van der Waals surface area contributed by atoms with Gasteiger partial charge in [-0.15, -0.1) is 0 Å². The molecule has 7 nitrogen and oxygen atoms in total. The molecule has 2 amide bonds. The fourth-order valence-electron chi connectivity index (χ4n) is 4.68. The molecule has 0 unspecified atom stereocenters. The van der Waals surface area contributed by atoms with E-state index < -0.39 is 5.41 Å². The van der Waals surface area contributed by atoms with Crippen molar-refractivity contribution in [1.82, 2.24) is 14.8 Å². The van der Waals surface area contributed by atoms with E-state index in [0.29, 0.717) is 31.9 Å². The standard InChI is InChI=1S/C21H26N4O3/c1-23(2)20(27)21-9-6-11-24(19(26)17-7-5-12-28-17)13-16(21)14-25(15-21)18-8-3-4-10-22-18/h3-5,7-8,10,12,16H,6,9,11,13-15H2,1-2H3/t16-,21-/m0/s1. The zero-order valence-corrected chi connectivity index (χ0v) is 16.4. The molecule has 148 valence electrons. The molecule has 0 saturated carbocycles. The second-order valence-corrected chi connectivity index (χ2v) is 7.95. The van der Waals surface area contributed by atoms with Crippen molar-refractivity contribution in [3.8, 4) is 0 Å². The molecule has 2 saturated heterocycles. The summed E-state index contributed by atoms with van der Waals surface area (Å²) in [6.45, 7) is 2.53. The molecule has 0 spiro atoms. The largest absolute Gasteiger partial charge is 0.459 e. The highest BCUT2D eigenvalue weighted by atomic mass is 16.3. The van der Waals surface area contributed by atoms with Crippen LogP contribution in [0.3, 0.4) is 0 Å². The monoisotopic (exact) mass is 382 g/mol. The van der Waals surface area contributed by atoms with Gasteiger partial charge in [-0.05, 0) is 37.1 Å². The van der Waals surface area contributed by atoms with Crippen LogP contribution < -0.4 is 4.90 Å². The molecule has 2 aromatic rings. The Kier molecular flexibility index (Phi) is 4.83. The van der Waals surface area contributed by atoms with Crippen molar-refractivity contribution >= 4 is 17.6 Å². The van der Waals surface area contributed by atoms with Gasteiger partial charge in [-0.3, -0.25) is 9.59 Å². The number of furan rings is 1. The number of carbonyl (C=O) groups excluding carboxylic acids is 2. The van der Waals surface area contributed by atoms with Crippen molar-refractivity contribution in [2.45, 2.75) is 12.8 Å². The lowest BCUT2D eigenvalue weighted by Gasteiger charge is -2.34. The Morgan fingerprint density at radius 3 is 2.75 bits per heavy atom. The van der Waals surface area contributed by atoms with Crippen LogP contribution in [-0.4, -0.2) is 66.9 Å². The molecule has 2 fully saturated rings. The second-order valence-electron chi connectivity index (χ2n) is 7.95. The highest BCUT2D eigenvalue weighted by Crippen LogP contribution is 2.45. The lowest BCUT2D eigenvalue weighted by atomic mass is 9.74. The first-order valence-electron chi connectivity index (χ1n) is 9.72. The highest BCUT2D eigenvalue weighted by Gasteiger charge is 2.54. The molecule has 2 aromatic heterocycles. The second kappa shape index (κ2) is 7.30. The van der Waals surface area contributed by atoms with E-state index in [0.717, 1.165) is 18.7 Å². The van der Waals surface area contributed by atoms with Crippen molar-refractivity contribution < 1.29 is 14.0 Å². The SMILES string of the molecule is CN(C)C(=O)[C@]12CCCN(C(=O)c3ccco3)C[C@H]1CN(c1ccccn1)C2. The summed E-state index contributed by atoms with van der Waals surface area (Å²) in [6, 6.07) is 9.25. The number of hydrogen-bond donors (Lipinski definition) is 0. The Labute approximate surface area is 164 Å². The zero-order chi connectivity index (χ0) is 19.7. The fourth-order valence-corrected chi connectivity index (χ4v) is 4.68. The van der Waals surface area contributed by atoms with Crippen LogP contribution in [-0.2, 0) is 4.79 Å². The summed E-state index contributed by atoms with van der Waals surface area (Å²) < 4.78 is 5.32. The number of anilines is 1. The highest BCUT2D eigenvalue weighted by molar-refractivity contribution is 5.91. The number of likely N-dealkylation sites (tertiary alicyclic amines) is 1. The lowest BCUT2D eigenvalue weighted by Crippen LogP contribution is -2.47. The van der Waals surface area contributed by atoms with Gasteiger partial charge < -0.3 is 19.1 Å². The normalized spacial score (nSPS) is 24.6. The van der Waals surface area contributed by atoms with Crippen LogP contribution in [0.25, 0.3) is 0 Å². The zero-order valence-electron chi connectivity index (χ0n) is 16.4. The van der Waals surface area contributed by atoms with Crippen LogP contribution in [0.1, 0.15) is 23.4 Å². The topological polar surface area (TPSA) is 69.9 Å². The minimum Gasteiger partial charge on any atom is -0.459 e. The van der Waals surface area contributed by atoms with Crippen LogP contribution in [0.15, 0.2) is 47.2 Å². The summed E-state index contributed by atoms with van der Waals surface area (Å²) in [5.41, 5.74) is -0.501. The molecule has 2 aliphatic rings. The molecule has 2 aliphatic heterocycles. The van der Waals surface area contributed by atoms with Gasteiger partial charge in [0, 0.05) is 52.4 Å². The minimum absolute atomic E-state index is 0.0471. The molecule has 4 heterocycles. The van der Waals surface area contributed by atoms with E-state index in [1.807, 2.05) is 37.2 Å². The van der Waals surface area contributed by atoms with E-state index >= 15 is 0 Å². The molecular weight excluding hydrogens is 356 g/mol. The van der Waals surface area contributed by atoms with Gasteiger partial charge in [0.1, 0.15) is 5.82 Å². The maximum Gasteiger partial charge on any atom is 0.289 e. The van der Waals surface area contributed by atoms with Crippen molar-refractivity contribution in [1.29, 1.82) is 0 Å². The lowest BCUT2D eigenvalue weighted by molar-refractivity contribution is -0.141. The number of aromatic nitrogens is 1. The average Bonchev–Trinajstić information content (AvgIpc) is 3.33. The van der Waals surface area contributed by atoms with Gasteiger partial charge in [-0.2, -0.15) is 0 Å². The van der Waals surface area contributed by atoms with Gasteiger partial charge >= 0.3 is 0 Å². The Morgan fingerprint density at radius 2 is 2.07 bits per heavy atom. The summed E-state index contributed by atoms with van der Waals surface area (Å²) >= 11 is 0. The maximum absolute atomic E-state index is 13.3. The first kappa shape index (κ1) is 18.5. The van der Waals surface area contributed by atoms with Gasteiger partial charge in [0.25, 0.3) is 5.91 Å². The number of nitrogens with zero attached hydrogens (tertiary/aromatic N) is 4. The number of carbonyl (C=O) groups is 2. The van der Waals surface area contributed by atoms with Crippen LogP contribution in [0, 0.1) is 11.3 Å². The average molecular weight is 382 g/mol. The van der Waals surface area contributed by atoms with Crippen molar-refractivity contribution in [3.05, 3.63) is 48.6 Å². The maximum atomic E-state index is 13.3.